The molecule has 0 radical (unpaired) electrons. The molecular weight excluding hydrogens is 1180 g/mol. The molecule has 2 aliphatic rings. The highest BCUT2D eigenvalue weighted by Gasteiger charge is 2.58. The van der Waals surface area contributed by atoms with Crippen molar-refractivity contribution in [3.63, 3.8) is 0 Å². The van der Waals surface area contributed by atoms with Gasteiger partial charge in [0.15, 0.2) is 12.6 Å². The number of hydrogen-bond acceptors (Lipinski definition) is 18. The molecule has 0 spiro atoms. The summed E-state index contributed by atoms with van der Waals surface area (Å²) in [6, 6.07) is -1.48. The van der Waals surface area contributed by atoms with Gasteiger partial charge in [-0.1, -0.05) is 234 Å². The minimum absolute atomic E-state index is 0.0197. The van der Waals surface area contributed by atoms with Crippen LogP contribution in [0.15, 0.2) is 38.0 Å². The maximum absolute atomic E-state index is 14.5. The lowest BCUT2D eigenvalue weighted by molar-refractivity contribution is -0.356. The zero-order valence-electron chi connectivity index (χ0n) is 54.0. The molecule has 0 aliphatic carbocycles. The molecule has 19 nitrogen and oxygen atoms in total. The van der Waals surface area contributed by atoms with Crippen LogP contribution in [0.3, 0.4) is 0 Å². The minimum atomic E-state index is -4.56. The number of aliphatic hydroxyl groups excluding tert-OH is 1. The fourth-order valence-corrected chi connectivity index (χ4v) is 11.6. The van der Waals surface area contributed by atoms with E-state index in [0.29, 0.717) is 19.3 Å². The minimum Gasteiger partial charge on any atom is -0.460 e. The standard InChI is InChI=1S/C62H111Cl3NO18P/c1-9-15-18-21-23-25-27-29-32-35-39-61(70)57(76-43-36-33-30-28-26-24-22-19-16-10-2)54(68)50(83-59(61)78-47-52(67)74-40-12-4)46-77-58-53(66-60(69)79-48-62(63,64)65)56(75-44-38-49(73-8)37-34-31-20-17-11-3)55(51(82-58)45-72-7)84-85(71,80-41-13-5)81-42-14-6/h12-14,49-51,53-59,68,70H,4-6,9-11,15-48H2,1-3,7-8H3,(H,66,69)/t49-,50-,51-,53-,54-,55-,56-,57+,58-,59?,61-/m1/s1/i39D,43D/t39?,43?,49-,50-,51-,53-,54-,55-,56-,57+,58-,59?,61-. The van der Waals surface area contributed by atoms with Crippen molar-refractivity contribution in [3.05, 3.63) is 38.0 Å². The van der Waals surface area contributed by atoms with E-state index in [4.69, 9.17) is 95.7 Å². The quantitative estimate of drug-likeness (QED) is 0.0169. The topological polar surface area (TPSA) is 224 Å². The summed E-state index contributed by atoms with van der Waals surface area (Å²) in [6.45, 7) is 13.1. The van der Waals surface area contributed by atoms with Gasteiger partial charge < -0.3 is 62.9 Å². The number of hydrogen-bond donors (Lipinski definition) is 3. The van der Waals surface area contributed by atoms with E-state index < -0.39 is 117 Å². The number of esters is 1. The van der Waals surface area contributed by atoms with Crippen LogP contribution in [0, 0.1) is 0 Å². The molecule has 0 aromatic rings. The Balaban J connectivity index is 2.76. The molecule has 2 aliphatic heterocycles. The van der Waals surface area contributed by atoms with E-state index in [1.165, 1.54) is 63.9 Å². The summed E-state index contributed by atoms with van der Waals surface area (Å²) in [5.41, 5.74) is -2.47. The molecule has 498 valence electrons. The fourth-order valence-electron chi connectivity index (χ4n) is 10.1. The van der Waals surface area contributed by atoms with Crippen molar-refractivity contribution in [2.75, 3.05) is 73.7 Å². The van der Waals surface area contributed by atoms with Crippen LogP contribution in [0.5, 0.6) is 0 Å². The van der Waals surface area contributed by atoms with Crippen molar-refractivity contribution >= 4 is 54.7 Å². The summed E-state index contributed by atoms with van der Waals surface area (Å²) in [7, 11) is -1.56. The number of aliphatic hydroxyl groups is 2. The van der Waals surface area contributed by atoms with Gasteiger partial charge in [-0.05, 0) is 25.7 Å². The summed E-state index contributed by atoms with van der Waals surface area (Å²) >= 11 is 18.0. The molecule has 2 rings (SSSR count). The highest BCUT2D eigenvalue weighted by atomic mass is 35.6. The molecule has 2 heterocycles. The fraction of sp³-hybridized carbons (Fsp3) is 0.871. The average molecular weight is 1300 g/mol. The van der Waals surface area contributed by atoms with Gasteiger partial charge in [0, 0.05) is 28.8 Å². The lowest BCUT2D eigenvalue weighted by atomic mass is 9.82. The van der Waals surface area contributed by atoms with Crippen LogP contribution in [0.2, 0.25) is 0 Å². The number of phosphoric acid groups is 1. The van der Waals surface area contributed by atoms with Gasteiger partial charge in [0.25, 0.3) is 0 Å². The molecule has 3 N–H and O–H groups in total. The van der Waals surface area contributed by atoms with Crippen molar-refractivity contribution < 1.29 is 88.0 Å². The Morgan fingerprint density at radius 2 is 1.22 bits per heavy atom. The number of unbranched alkanes of at least 4 members (excludes halogenated alkanes) is 20. The number of alkyl halides is 3. The molecule has 3 unspecified atom stereocenters. The van der Waals surface area contributed by atoms with E-state index in [9.17, 15) is 27.1 Å². The van der Waals surface area contributed by atoms with Gasteiger partial charge in [0.2, 0.25) is 3.79 Å². The van der Waals surface area contributed by atoms with E-state index in [2.05, 4.69) is 45.8 Å². The third kappa shape index (κ3) is 34.0. The molecule has 0 aromatic carbocycles. The second-order valence-corrected chi connectivity index (χ2v) is 26.0. The molecule has 1 amide bonds. The van der Waals surface area contributed by atoms with Gasteiger partial charge in [-0.2, -0.15) is 0 Å². The maximum Gasteiger partial charge on any atom is 0.475 e. The van der Waals surface area contributed by atoms with Crippen molar-refractivity contribution in [2.45, 2.75) is 271 Å². The number of ether oxygens (including phenoxy) is 10. The number of phosphoric ester groups is 1. The molecule has 23 heteroatoms. The molecule has 0 bridgehead atoms. The van der Waals surface area contributed by atoms with Crippen LogP contribution in [-0.4, -0.2) is 167 Å². The summed E-state index contributed by atoms with van der Waals surface area (Å²) in [5.74, 6) is -0.835. The molecular formula is C62H111Cl3NO18P. The van der Waals surface area contributed by atoms with Gasteiger partial charge in [-0.15, -0.1) is 13.2 Å². The Labute approximate surface area is 528 Å². The Hall–Kier alpha value is -1.46. The SMILES string of the molecule is [2H]C(CCCCCCCCCCC)O[C@H]1[C@H](O)[C@@H](CO[C@@H]2O[C@H](COC)[C@@H](OP(=O)(OCC=C)OCC=C)[C@H](OCC[C@@H](CCCCCCC)OC)[C@H]2NC(=O)OCC(Cl)(Cl)Cl)OC(OCC(=O)OCC=C)[C@@]1(O)C([2H])CCCCCCCCCCC. The lowest BCUT2D eigenvalue weighted by Gasteiger charge is -2.50. The van der Waals surface area contributed by atoms with Gasteiger partial charge in [0.1, 0.15) is 68.1 Å². The number of alkyl carbamates (subject to hydrolysis) is 1. The largest absolute Gasteiger partial charge is 0.475 e. The van der Waals surface area contributed by atoms with Crippen molar-refractivity contribution in [3.8, 4) is 0 Å². The Morgan fingerprint density at radius 3 is 1.75 bits per heavy atom. The Morgan fingerprint density at radius 1 is 0.682 bits per heavy atom. The third-order valence-electron chi connectivity index (χ3n) is 14.7. The predicted molar refractivity (Wildman–Crippen MR) is 333 cm³/mol. The van der Waals surface area contributed by atoms with Gasteiger partial charge in [-0.3, -0.25) is 13.6 Å². The van der Waals surface area contributed by atoms with Gasteiger partial charge >= 0.3 is 19.9 Å². The van der Waals surface area contributed by atoms with Gasteiger partial charge in [0.05, 0.1) is 33.9 Å². The van der Waals surface area contributed by atoms with Crippen LogP contribution in [-0.2, 0) is 70.3 Å². The van der Waals surface area contributed by atoms with E-state index in [1.54, 1.807) is 7.11 Å². The van der Waals surface area contributed by atoms with E-state index in [-0.39, 0.29) is 52.0 Å². The summed E-state index contributed by atoms with van der Waals surface area (Å²) in [6.07, 6.45) is 13.8. The summed E-state index contributed by atoms with van der Waals surface area (Å²) in [4.78, 5) is 27.0. The second kappa shape index (κ2) is 48.3. The van der Waals surface area contributed by atoms with Crippen LogP contribution in [0.1, 0.15) is 203 Å². The molecule has 0 aromatic heterocycles. The van der Waals surface area contributed by atoms with Crippen molar-refractivity contribution in [2.24, 2.45) is 0 Å². The zero-order valence-corrected chi connectivity index (χ0v) is 55.2. The van der Waals surface area contributed by atoms with Crippen LogP contribution >= 0.6 is 42.6 Å². The number of nitrogens with one attached hydrogen (secondary N) is 1. The summed E-state index contributed by atoms with van der Waals surface area (Å²) in [5, 5.41) is 28.3. The van der Waals surface area contributed by atoms with E-state index >= 15 is 0 Å². The number of carbonyl (C=O) groups excluding carboxylic acids is 2. The molecule has 2 fully saturated rings. The van der Waals surface area contributed by atoms with Crippen molar-refractivity contribution in [1.82, 2.24) is 5.32 Å². The molecule has 0 saturated carbocycles. The van der Waals surface area contributed by atoms with E-state index in [0.717, 1.165) is 103 Å². The first-order valence-corrected chi connectivity index (χ1v) is 34.0. The lowest BCUT2D eigenvalue weighted by Crippen LogP contribution is -2.69. The monoisotopic (exact) mass is 1300 g/mol. The molecule has 2 saturated heterocycles. The number of amides is 1. The first-order chi connectivity index (χ1) is 41.8. The summed E-state index contributed by atoms with van der Waals surface area (Å²) < 4.78 is 110. The first-order valence-electron chi connectivity index (χ1n) is 32.6. The normalized spacial score (nSPS) is 25.1. The average Bonchev–Trinajstić information content (AvgIpc) is 2.65. The zero-order chi connectivity index (χ0) is 64.4. The number of rotatable bonds is 54. The van der Waals surface area contributed by atoms with Crippen LogP contribution in [0.4, 0.5) is 4.79 Å². The smallest absolute Gasteiger partial charge is 0.460 e. The van der Waals surface area contributed by atoms with Gasteiger partial charge in [-0.25, -0.2) is 14.2 Å². The number of halogens is 3. The first kappa shape index (κ1) is 76.0. The van der Waals surface area contributed by atoms with Crippen LogP contribution in [0.25, 0.3) is 0 Å². The Kier molecular flexibility index (Phi) is 43.2. The molecule has 85 heavy (non-hydrogen) atoms. The molecule has 13 atom stereocenters. The predicted octanol–water partition coefficient (Wildman–Crippen LogP) is 14.1. The van der Waals surface area contributed by atoms with Crippen LogP contribution < -0.4 is 5.32 Å². The van der Waals surface area contributed by atoms with E-state index in [1.807, 2.05) is 0 Å². The highest BCUT2D eigenvalue weighted by molar-refractivity contribution is 7.48. The third-order valence-corrected chi connectivity index (χ3v) is 16.5. The Bertz CT molecular complexity index is 1860. The second-order valence-electron chi connectivity index (χ2n) is 21.9. The number of methoxy groups -OCH3 is 2. The number of carbonyl (C=O) groups is 2. The van der Waals surface area contributed by atoms with Crippen molar-refractivity contribution in [1.29, 1.82) is 0 Å². The maximum atomic E-state index is 14.5. The highest BCUT2D eigenvalue weighted by Crippen LogP contribution is 2.53.